The fraction of sp³-hybridized carbons (Fsp3) is 0. The molecule has 0 aliphatic rings. The third-order valence-electron chi connectivity index (χ3n) is 1.37. The Morgan fingerprint density at radius 2 is 2.00 bits per heavy atom. The first-order valence-electron chi connectivity index (χ1n) is 3.01. The van der Waals surface area contributed by atoms with Crippen molar-refractivity contribution in [2.75, 3.05) is 5.73 Å². The highest BCUT2D eigenvalue weighted by molar-refractivity contribution is 6.36. The molecule has 12 heavy (non-hydrogen) atoms. The van der Waals surface area contributed by atoms with Gasteiger partial charge >= 0.3 is 0 Å². The Labute approximate surface area is 76.9 Å². The summed E-state index contributed by atoms with van der Waals surface area (Å²) in [6.07, 6.45) is 0. The highest BCUT2D eigenvalue weighted by Crippen LogP contribution is 2.24. The highest BCUT2D eigenvalue weighted by Gasteiger charge is 2.10. The fourth-order valence-corrected chi connectivity index (χ4v) is 1.35. The van der Waals surface area contributed by atoms with Crippen molar-refractivity contribution in [3.05, 3.63) is 10.4 Å². The third-order valence-corrected chi connectivity index (χ3v) is 1.81. The Bertz CT molecular complexity index is 437. The number of nitrogens with two attached hydrogens (primary N) is 1. The topological polar surface area (TPSA) is 80.5 Å². The quantitative estimate of drug-likeness (QED) is 0.499. The highest BCUT2D eigenvalue weighted by atomic mass is 35.5. The molecule has 0 fully saturated rings. The van der Waals surface area contributed by atoms with E-state index in [4.69, 9.17) is 28.9 Å². The van der Waals surface area contributed by atoms with E-state index in [9.17, 15) is 0 Å². The van der Waals surface area contributed by atoms with Crippen molar-refractivity contribution in [2.45, 2.75) is 0 Å². The zero-order valence-electron chi connectivity index (χ0n) is 5.67. The molecule has 0 atom stereocenters. The standard InChI is InChI=1S/C5H3Cl2N5/c6-2-1-3(8)11-12-4(1)10-5(7)9-2/h(H3,8,9,10,11,12). The van der Waals surface area contributed by atoms with Gasteiger partial charge in [-0.2, -0.15) is 10.1 Å². The molecule has 7 heteroatoms. The molecular formula is C5H3Cl2N5. The molecule has 0 aliphatic heterocycles. The molecule has 0 unspecified atom stereocenters. The minimum Gasteiger partial charge on any atom is -0.383 e. The summed E-state index contributed by atoms with van der Waals surface area (Å²) in [4.78, 5) is 7.52. The summed E-state index contributed by atoms with van der Waals surface area (Å²) in [5.41, 5.74) is 5.87. The van der Waals surface area contributed by atoms with Crippen LogP contribution in [0, 0.1) is 0 Å². The van der Waals surface area contributed by atoms with Gasteiger partial charge in [0.2, 0.25) is 5.28 Å². The van der Waals surface area contributed by atoms with Crippen LogP contribution in [-0.4, -0.2) is 20.2 Å². The van der Waals surface area contributed by atoms with E-state index in [-0.39, 0.29) is 10.4 Å². The van der Waals surface area contributed by atoms with Crippen LogP contribution in [0.2, 0.25) is 10.4 Å². The third kappa shape index (κ3) is 0.981. The van der Waals surface area contributed by atoms with Crippen LogP contribution in [0.15, 0.2) is 0 Å². The van der Waals surface area contributed by atoms with E-state index in [0.29, 0.717) is 16.9 Å². The first-order chi connectivity index (χ1) is 5.68. The Kier molecular flexibility index (Phi) is 1.55. The second kappa shape index (κ2) is 2.46. The summed E-state index contributed by atoms with van der Waals surface area (Å²) in [5.74, 6) is 0.340. The van der Waals surface area contributed by atoms with Crippen LogP contribution in [0.4, 0.5) is 5.82 Å². The predicted octanol–water partition coefficient (Wildman–Crippen LogP) is 1.24. The number of nitrogens with one attached hydrogen (secondary N) is 1. The van der Waals surface area contributed by atoms with E-state index < -0.39 is 0 Å². The van der Waals surface area contributed by atoms with E-state index in [2.05, 4.69) is 20.2 Å². The Hall–Kier alpha value is -1.07. The Morgan fingerprint density at radius 3 is 2.75 bits per heavy atom. The van der Waals surface area contributed by atoms with Gasteiger partial charge in [-0.1, -0.05) is 11.6 Å². The van der Waals surface area contributed by atoms with Crippen molar-refractivity contribution in [3.8, 4) is 0 Å². The van der Waals surface area contributed by atoms with Crippen molar-refractivity contribution >= 4 is 40.1 Å². The second-order valence-electron chi connectivity index (χ2n) is 2.12. The summed E-state index contributed by atoms with van der Waals surface area (Å²) in [6, 6.07) is 0. The van der Waals surface area contributed by atoms with Crippen LogP contribution in [0.1, 0.15) is 0 Å². The second-order valence-corrected chi connectivity index (χ2v) is 2.82. The number of rotatable bonds is 0. The van der Waals surface area contributed by atoms with Gasteiger partial charge in [-0.25, -0.2) is 4.98 Å². The van der Waals surface area contributed by atoms with Crippen LogP contribution < -0.4 is 5.73 Å². The first-order valence-corrected chi connectivity index (χ1v) is 3.76. The molecule has 0 amide bonds. The van der Waals surface area contributed by atoms with E-state index >= 15 is 0 Å². The van der Waals surface area contributed by atoms with Gasteiger partial charge in [-0.3, -0.25) is 5.10 Å². The number of hydrogen-bond donors (Lipinski definition) is 2. The van der Waals surface area contributed by atoms with Crippen LogP contribution in [0.5, 0.6) is 0 Å². The maximum atomic E-state index is 5.73. The molecule has 0 bridgehead atoms. The Morgan fingerprint density at radius 1 is 1.25 bits per heavy atom. The zero-order valence-corrected chi connectivity index (χ0v) is 7.19. The molecule has 0 spiro atoms. The number of anilines is 1. The molecule has 62 valence electrons. The lowest BCUT2D eigenvalue weighted by molar-refractivity contribution is 1.09. The summed E-state index contributed by atoms with van der Waals surface area (Å²) in [7, 11) is 0. The van der Waals surface area contributed by atoms with Crippen molar-refractivity contribution in [2.24, 2.45) is 0 Å². The normalized spacial score (nSPS) is 10.8. The molecule has 3 N–H and O–H groups in total. The number of nitrogens with zero attached hydrogens (tertiary/aromatic N) is 3. The van der Waals surface area contributed by atoms with Gasteiger partial charge < -0.3 is 5.73 Å². The molecule has 2 aromatic heterocycles. The molecule has 0 radical (unpaired) electrons. The van der Waals surface area contributed by atoms with E-state index in [0.717, 1.165) is 0 Å². The summed E-state index contributed by atoms with van der Waals surface area (Å²) >= 11 is 11.3. The molecule has 2 heterocycles. The van der Waals surface area contributed by atoms with Crippen LogP contribution in [0.25, 0.3) is 11.0 Å². The van der Waals surface area contributed by atoms with Crippen molar-refractivity contribution in [3.63, 3.8) is 0 Å². The van der Waals surface area contributed by atoms with Crippen molar-refractivity contribution in [1.82, 2.24) is 20.2 Å². The number of aromatic nitrogens is 4. The first kappa shape index (κ1) is 7.57. The van der Waals surface area contributed by atoms with Gasteiger partial charge in [-0.05, 0) is 11.6 Å². The average Bonchev–Trinajstić information content (AvgIpc) is 2.31. The van der Waals surface area contributed by atoms with Crippen LogP contribution in [-0.2, 0) is 0 Å². The van der Waals surface area contributed by atoms with Gasteiger partial charge in [0, 0.05) is 0 Å². The lowest BCUT2D eigenvalue weighted by atomic mass is 10.4. The van der Waals surface area contributed by atoms with Gasteiger partial charge in [0.15, 0.2) is 5.65 Å². The molecule has 0 saturated carbocycles. The van der Waals surface area contributed by atoms with Gasteiger partial charge in [0.1, 0.15) is 16.4 Å². The zero-order chi connectivity index (χ0) is 8.72. The summed E-state index contributed by atoms with van der Waals surface area (Å²) < 4.78 is 0. The SMILES string of the molecule is Nc1[nH]nc2nc(Cl)nc(Cl)c12. The lowest BCUT2D eigenvalue weighted by Crippen LogP contribution is -1.87. The van der Waals surface area contributed by atoms with Crippen molar-refractivity contribution < 1.29 is 0 Å². The summed E-state index contributed by atoms with van der Waals surface area (Å²) in [6.45, 7) is 0. The molecule has 0 aromatic carbocycles. The van der Waals surface area contributed by atoms with E-state index in [1.165, 1.54) is 0 Å². The predicted molar refractivity (Wildman–Crippen MR) is 46.1 cm³/mol. The molecule has 0 saturated heterocycles. The van der Waals surface area contributed by atoms with Crippen LogP contribution >= 0.6 is 23.2 Å². The molecule has 5 nitrogen and oxygen atoms in total. The molecular weight excluding hydrogens is 201 g/mol. The number of aromatic amines is 1. The van der Waals surface area contributed by atoms with E-state index in [1.54, 1.807) is 0 Å². The number of H-pyrrole nitrogens is 1. The summed E-state index contributed by atoms with van der Waals surface area (Å²) in [5, 5.41) is 7.06. The van der Waals surface area contributed by atoms with E-state index in [1.807, 2.05) is 0 Å². The Balaban J connectivity index is 2.93. The minimum absolute atomic E-state index is 0.0546. The van der Waals surface area contributed by atoms with Gasteiger partial charge in [0.25, 0.3) is 0 Å². The molecule has 0 aliphatic carbocycles. The monoisotopic (exact) mass is 203 g/mol. The number of halogens is 2. The largest absolute Gasteiger partial charge is 0.383 e. The number of fused-ring (bicyclic) bond motifs is 1. The van der Waals surface area contributed by atoms with Gasteiger partial charge in [-0.15, -0.1) is 0 Å². The minimum atomic E-state index is 0.0546. The maximum absolute atomic E-state index is 5.73. The lowest BCUT2D eigenvalue weighted by Gasteiger charge is -1.92. The number of hydrogen-bond acceptors (Lipinski definition) is 4. The van der Waals surface area contributed by atoms with Crippen molar-refractivity contribution in [1.29, 1.82) is 0 Å². The van der Waals surface area contributed by atoms with Gasteiger partial charge in [0.05, 0.1) is 0 Å². The fourth-order valence-electron chi connectivity index (χ4n) is 0.879. The smallest absolute Gasteiger partial charge is 0.225 e. The maximum Gasteiger partial charge on any atom is 0.225 e. The van der Waals surface area contributed by atoms with Crippen LogP contribution in [0.3, 0.4) is 0 Å². The molecule has 2 rings (SSSR count). The molecule has 2 aromatic rings. The average molecular weight is 204 g/mol. The number of nitrogen functional groups attached to an aromatic ring is 1.